The second-order valence-corrected chi connectivity index (χ2v) is 5.35. The summed E-state index contributed by atoms with van der Waals surface area (Å²) < 4.78 is 0.911. The average molecular weight is 302 g/mol. The Kier molecular flexibility index (Phi) is 6.18. The molecule has 0 fully saturated rings. The monoisotopic (exact) mass is 301 g/mol. The van der Waals surface area contributed by atoms with Gasteiger partial charge in [0.25, 0.3) is 0 Å². The van der Waals surface area contributed by atoms with Crippen molar-refractivity contribution in [3.05, 3.63) is 33.5 Å². The summed E-state index contributed by atoms with van der Waals surface area (Å²) in [6.07, 6.45) is 1.02. The number of hydrogen-bond acceptors (Lipinski definition) is 2. The summed E-state index contributed by atoms with van der Waals surface area (Å²) in [7, 11) is 1.76. The molecule has 0 bridgehead atoms. The third-order valence-corrected chi connectivity index (χ3v) is 3.13. The number of rotatable bonds is 5. The Morgan fingerprint density at radius 3 is 2.94 bits per heavy atom. The molecule has 1 heterocycles. The van der Waals surface area contributed by atoms with Gasteiger partial charge < -0.3 is 10.6 Å². The standard InChI is InChI=1S/C11H16BrN3S/c1-9(12)8-15-11(13-2)14-6-5-10-4-3-7-16-10/h3-4,7H,1,5-6,8H2,2H3,(H2,13,14,15). The van der Waals surface area contributed by atoms with E-state index in [4.69, 9.17) is 0 Å². The molecular formula is C11H16BrN3S. The smallest absolute Gasteiger partial charge is 0.191 e. The van der Waals surface area contributed by atoms with Crippen molar-refractivity contribution < 1.29 is 0 Å². The van der Waals surface area contributed by atoms with Gasteiger partial charge in [0.05, 0.1) is 0 Å². The lowest BCUT2D eigenvalue weighted by Gasteiger charge is -2.10. The summed E-state index contributed by atoms with van der Waals surface area (Å²) in [5, 5.41) is 8.49. The van der Waals surface area contributed by atoms with Crippen LogP contribution in [0.3, 0.4) is 0 Å². The molecule has 88 valence electrons. The molecular weight excluding hydrogens is 286 g/mol. The van der Waals surface area contributed by atoms with Crippen LogP contribution in [-0.2, 0) is 6.42 Å². The maximum Gasteiger partial charge on any atom is 0.191 e. The van der Waals surface area contributed by atoms with Crippen LogP contribution < -0.4 is 10.6 Å². The lowest BCUT2D eigenvalue weighted by molar-refractivity contribution is 0.827. The first-order valence-electron chi connectivity index (χ1n) is 5.02. The first-order valence-corrected chi connectivity index (χ1v) is 6.70. The second-order valence-electron chi connectivity index (χ2n) is 3.20. The fourth-order valence-electron chi connectivity index (χ4n) is 1.16. The second kappa shape index (κ2) is 7.46. The number of nitrogens with zero attached hydrogens (tertiary/aromatic N) is 1. The lowest BCUT2D eigenvalue weighted by Crippen LogP contribution is -2.38. The highest BCUT2D eigenvalue weighted by Gasteiger charge is 1.98. The van der Waals surface area contributed by atoms with Crippen molar-refractivity contribution in [3.63, 3.8) is 0 Å². The molecule has 1 aromatic heterocycles. The van der Waals surface area contributed by atoms with Gasteiger partial charge in [0, 0.05) is 29.5 Å². The van der Waals surface area contributed by atoms with Gasteiger partial charge in [0.2, 0.25) is 0 Å². The minimum atomic E-state index is 0.679. The van der Waals surface area contributed by atoms with Crippen LogP contribution in [0.15, 0.2) is 33.6 Å². The van der Waals surface area contributed by atoms with E-state index in [2.05, 4.69) is 55.6 Å². The predicted octanol–water partition coefficient (Wildman–Crippen LogP) is 2.36. The highest BCUT2D eigenvalue weighted by molar-refractivity contribution is 9.11. The molecule has 0 saturated carbocycles. The third kappa shape index (κ3) is 5.32. The number of nitrogens with one attached hydrogen (secondary N) is 2. The van der Waals surface area contributed by atoms with Crippen LogP contribution in [0.2, 0.25) is 0 Å². The highest BCUT2D eigenvalue weighted by Crippen LogP contribution is 2.07. The molecule has 0 saturated heterocycles. The number of guanidine groups is 1. The lowest BCUT2D eigenvalue weighted by atomic mass is 10.3. The van der Waals surface area contributed by atoms with Crippen LogP contribution in [0.25, 0.3) is 0 Å². The molecule has 0 spiro atoms. The number of thiophene rings is 1. The number of halogens is 1. The third-order valence-electron chi connectivity index (χ3n) is 1.92. The minimum Gasteiger partial charge on any atom is -0.356 e. The van der Waals surface area contributed by atoms with Gasteiger partial charge in [0.15, 0.2) is 5.96 Å². The molecule has 1 aromatic rings. The van der Waals surface area contributed by atoms with Gasteiger partial charge in [-0.15, -0.1) is 11.3 Å². The Labute approximate surface area is 109 Å². The first-order chi connectivity index (χ1) is 7.72. The Hall–Kier alpha value is -0.810. The fraction of sp³-hybridized carbons (Fsp3) is 0.364. The molecule has 0 amide bonds. The summed E-state index contributed by atoms with van der Waals surface area (Å²) >= 11 is 5.07. The van der Waals surface area contributed by atoms with Crippen LogP contribution in [0, 0.1) is 0 Å². The fourth-order valence-corrected chi connectivity index (χ4v) is 2.01. The van der Waals surface area contributed by atoms with E-state index in [1.807, 2.05) is 0 Å². The maximum atomic E-state index is 4.11. The van der Waals surface area contributed by atoms with E-state index in [-0.39, 0.29) is 0 Å². The van der Waals surface area contributed by atoms with Gasteiger partial charge in [-0.3, -0.25) is 4.99 Å². The minimum absolute atomic E-state index is 0.679. The average Bonchev–Trinajstić information content (AvgIpc) is 2.75. The van der Waals surface area contributed by atoms with Crippen LogP contribution in [0.1, 0.15) is 4.88 Å². The summed E-state index contributed by atoms with van der Waals surface area (Å²) in [6, 6.07) is 4.21. The van der Waals surface area contributed by atoms with Gasteiger partial charge >= 0.3 is 0 Å². The van der Waals surface area contributed by atoms with Crippen molar-refractivity contribution >= 4 is 33.2 Å². The molecule has 2 N–H and O–H groups in total. The van der Waals surface area contributed by atoms with Gasteiger partial charge in [0.1, 0.15) is 0 Å². The molecule has 0 unspecified atom stereocenters. The van der Waals surface area contributed by atoms with E-state index in [0.717, 1.165) is 23.4 Å². The van der Waals surface area contributed by atoms with E-state index in [1.165, 1.54) is 4.88 Å². The van der Waals surface area contributed by atoms with E-state index < -0.39 is 0 Å². The highest BCUT2D eigenvalue weighted by atomic mass is 79.9. The molecule has 16 heavy (non-hydrogen) atoms. The Balaban J connectivity index is 2.22. The Bertz CT molecular complexity index is 346. The van der Waals surface area contributed by atoms with E-state index in [0.29, 0.717) is 6.54 Å². The van der Waals surface area contributed by atoms with Crippen LogP contribution in [0.5, 0.6) is 0 Å². The molecule has 0 aliphatic carbocycles. The van der Waals surface area contributed by atoms with Gasteiger partial charge in [-0.2, -0.15) is 0 Å². The van der Waals surface area contributed by atoms with Crippen molar-refractivity contribution in [3.8, 4) is 0 Å². The molecule has 0 aromatic carbocycles. The van der Waals surface area contributed by atoms with E-state index in [9.17, 15) is 0 Å². The van der Waals surface area contributed by atoms with E-state index in [1.54, 1.807) is 18.4 Å². The van der Waals surface area contributed by atoms with Crippen LogP contribution in [-0.4, -0.2) is 26.1 Å². The predicted molar refractivity (Wildman–Crippen MR) is 75.5 cm³/mol. The SMILES string of the molecule is C=C(Br)CNC(=NC)NCCc1cccs1. The Morgan fingerprint density at radius 2 is 2.38 bits per heavy atom. The zero-order chi connectivity index (χ0) is 11.8. The van der Waals surface area contributed by atoms with Gasteiger partial charge in [-0.1, -0.05) is 28.6 Å². The van der Waals surface area contributed by atoms with E-state index >= 15 is 0 Å². The summed E-state index contributed by atoms with van der Waals surface area (Å²) in [4.78, 5) is 5.50. The topological polar surface area (TPSA) is 36.4 Å². The zero-order valence-electron chi connectivity index (χ0n) is 9.29. The molecule has 5 heteroatoms. The zero-order valence-corrected chi connectivity index (χ0v) is 11.7. The largest absolute Gasteiger partial charge is 0.356 e. The van der Waals surface area contributed by atoms with Crippen LogP contribution in [0.4, 0.5) is 0 Å². The maximum absolute atomic E-state index is 4.11. The van der Waals surface area contributed by atoms with Gasteiger partial charge in [-0.25, -0.2) is 0 Å². The molecule has 3 nitrogen and oxygen atoms in total. The normalized spacial score (nSPS) is 11.2. The summed E-state index contributed by atoms with van der Waals surface area (Å²) in [6.45, 7) is 5.32. The Morgan fingerprint density at radius 1 is 1.56 bits per heavy atom. The first kappa shape index (κ1) is 13.3. The number of aliphatic imine (C=N–C) groups is 1. The van der Waals surface area contributed by atoms with Crippen LogP contribution >= 0.6 is 27.3 Å². The summed E-state index contributed by atoms with van der Waals surface area (Å²) in [5.41, 5.74) is 0. The van der Waals surface area contributed by atoms with Gasteiger partial charge in [-0.05, 0) is 17.9 Å². The number of hydrogen-bond donors (Lipinski definition) is 2. The quantitative estimate of drug-likeness (QED) is 0.647. The molecule has 0 radical (unpaired) electrons. The van der Waals surface area contributed by atoms with Crippen molar-refractivity contribution in [2.75, 3.05) is 20.1 Å². The molecule has 1 rings (SSSR count). The van der Waals surface area contributed by atoms with Crippen molar-refractivity contribution in [1.82, 2.24) is 10.6 Å². The molecule has 0 aliphatic heterocycles. The summed E-state index contributed by atoms with van der Waals surface area (Å²) in [5.74, 6) is 0.803. The van der Waals surface area contributed by atoms with Crippen molar-refractivity contribution in [2.24, 2.45) is 4.99 Å². The molecule has 0 atom stereocenters. The van der Waals surface area contributed by atoms with Crippen molar-refractivity contribution in [1.29, 1.82) is 0 Å². The molecule has 0 aliphatic rings. The van der Waals surface area contributed by atoms with Crippen molar-refractivity contribution in [2.45, 2.75) is 6.42 Å².